The van der Waals surface area contributed by atoms with Gasteiger partial charge in [0.05, 0.1) is 30.9 Å². The number of ether oxygens (including phenoxy) is 3. The Labute approximate surface area is 211 Å². The second-order valence-electron chi connectivity index (χ2n) is 10.2. The molecule has 188 valence electrons. The minimum Gasteiger partial charge on any atom is -0.490 e. The lowest BCUT2D eigenvalue weighted by molar-refractivity contribution is -0.264. The molecule has 5 rings (SSSR count). The van der Waals surface area contributed by atoms with Crippen molar-refractivity contribution in [2.24, 2.45) is 0 Å². The smallest absolute Gasteiger partial charge is 0.258 e. The van der Waals surface area contributed by atoms with Crippen molar-refractivity contribution < 1.29 is 18.7 Å². The molecule has 8 heteroatoms. The summed E-state index contributed by atoms with van der Waals surface area (Å²) in [7, 11) is 0. The third-order valence-corrected chi connectivity index (χ3v) is 6.86. The van der Waals surface area contributed by atoms with Gasteiger partial charge < -0.3 is 18.7 Å². The fourth-order valence-corrected chi connectivity index (χ4v) is 4.87. The molecule has 0 unspecified atom stereocenters. The van der Waals surface area contributed by atoms with E-state index in [2.05, 4.69) is 40.2 Å². The van der Waals surface area contributed by atoms with E-state index in [4.69, 9.17) is 18.7 Å². The molecular formula is C28H32N4O4. The Morgan fingerprint density at radius 2 is 1.94 bits per heavy atom. The monoisotopic (exact) mass is 488 g/mol. The first-order valence-corrected chi connectivity index (χ1v) is 12.4. The fraction of sp³-hybridized carbons (Fsp3) is 0.464. The van der Waals surface area contributed by atoms with Gasteiger partial charge in [0, 0.05) is 24.2 Å². The van der Waals surface area contributed by atoms with Crippen LogP contribution in [0.1, 0.15) is 49.9 Å². The summed E-state index contributed by atoms with van der Waals surface area (Å²) in [5, 5.41) is 13.8. The molecule has 0 N–H and O–H groups in total. The molecule has 0 bridgehead atoms. The average molecular weight is 489 g/mol. The van der Waals surface area contributed by atoms with E-state index in [-0.39, 0.29) is 12.1 Å². The Kier molecular flexibility index (Phi) is 6.56. The van der Waals surface area contributed by atoms with Crippen LogP contribution in [0.25, 0.3) is 22.8 Å². The van der Waals surface area contributed by atoms with Gasteiger partial charge in [-0.2, -0.15) is 10.2 Å². The minimum absolute atomic E-state index is 0.0199. The minimum atomic E-state index is -0.501. The van der Waals surface area contributed by atoms with E-state index in [1.807, 2.05) is 33.8 Å². The molecule has 0 spiro atoms. The molecule has 3 aromatic rings. The summed E-state index contributed by atoms with van der Waals surface area (Å²) in [5.74, 6) is 0.968. The van der Waals surface area contributed by atoms with Crippen LogP contribution in [0.2, 0.25) is 0 Å². The van der Waals surface area contributed by atoms with Crippen LogP contribution in [0.4, 0.5) is 0 Å². The molecule has 1 aromatic heterocycles. The van der Waals surface area contributed by atoms with Gasteiger partial charge in [-0.3, -0.25) is 4.90 Å². The summed E-state index contributed by atoms with van der Waals surface area (Å²) in [6, 6.07) is 12.0. The van der Waals surface area contributed by atoms with Crippen molar-refractivity contribution in [1.82, 2.24) is 15.0 Å². The molecule has 1 fully saturated rings. The second kappa shape index (κ2) is 9.66. The zero-order valence-corrected chi connectivity index (χ0v) is 21.5. The maximum atomic E-state index is 9.55. The maximum Gasteiger partial charge on any atom is 0.258 e. The Morgan fingerprint density at radius 1 is 1.17 bits per heavy atom. The standard InChI is InChI=1S/C28H32N4O4/c1-17(2)35-25-9-7-19(12-21(25)13-29)27-30-26(31-36-27)24-8-6-20-14-32(11-10-23(20)18(24)3)22-15-33-28(4,5)34-16-22/h6-9,12,17,22H,10-11,14-16H2,1-5H3. The van der Waals surface area contributed by atoms with Crippen LogP contribution in [0.3, 0.4) is 0 Å². The van der Waals surface area contributed by atoms with Crippen molar-refractivity contribution in [3.8, 4) is 34.7 Å². The highest BCUT2D eigenvalue weighted by molar-refractivity contribution is 5.66. The van der Waals surface area contributed by atoms with Crippen LogP contribution < -0.4 is 4.74 Å². The highest BCUT2D eigenvalue weighted by Crippen LogP contribution is 2.33. The third-order valence-electron chi connectivity index (χ3n) is 6.86. The number of fused-ring (bicyclic) bond motifs is 1. The van der Waals surface area contributed by atoms with Gasteiger partial charge in [-0.25, -0.2) is 0 Å². The van der Waals surface area contributed by atoms with Gasteiger partial charge in [0.25, 0.3) is 5.89 Å². The number of nitriles is 1. The van der Waals surface area contributed by atoms with E-state index in [0.29, 0.717) is 41.8 Å². The quantitative estimate of drug-likeness (QED) is 0.502. The topological polar surface area (TPSA) is 93.6 Å². The molecule has 36 heavy (non-hydrogen) atoms. The molecule has 0 amide bonds. The summed E-state index contributed by atoms with van der Waals surface area (Å²) in [4.78, 5) is 7.10. The van der Waals surface area contributed by atoms with E-state index in [1.54, 1.807) is 12.1 Å². The van der Waals surface area contributed by atoms with Crippen LogP contribution in [-0.2, 0) is 22.4 Å². The number of hydrogen-bond donors (Lipinski definition) is 0. The van der Waals surface area contributed by atoms with E-state index in [1.165, 1.54) is 16.7 Å². The summed E-state index contributed by atoms with van der Waals surface area (Å²) >= 11 is 0. The number of nitrogens with zero attached hydrogens (tertiary/aromatic N) is 4. The van der Waals surface area contributed by atoms with Crippen molar-refractivity contribution >= 4 is 0 Å². The molecule has 1 saturated heterocycles. The maximum absolute atomic E-state index is 9.55. The van der Waals surface area contributed by atoms with Gasteiger partial charge in [-0.1, -0.05) is 17.3 Å². The zero-order chi connectivity index (χ0) is 25.4. The average Bonchev–Trinajstić information content (AvgIpc) is 3.34. The van der Waals surface area contributed by atoms with Crippen molar-refractivity contribution in [2.75, 3.05) is 19.8 Å². The molecule has 2 aliphatic heterocycles. The van der Waals surface area contributed by atoms with Crippen LogP contribution in [0.15, 0.2) is 34.9 Å². The summed E-state index contributed by atoms with van der Waals surface area (Å²) in [6.45, 7) is 13.1. The summed E-state index contributed by atoms with van der Waals surface area (Å²) < 4.78 is 23.1. The zero-order valence-electron chi connectivity index (χ0n) is 21.5. The molecular weight excluding hydrogens is 456 g/mol. The largest absolute Gasteiger partial charge is 0.490 e. The fourth-order valence-electron chi connectivity index (χ4n) is 4.87. The normalized spacial score (nSPS) is 18.1. The van der Waals surface area contributed by atoms with Crippen molar-refractivity contribution in [3.05, 3.63) is 52.6 Å². The van der Waals surface area contributed by atoms with E-state index >= 15 is 0 Å². The van der Waals surface area contributed by atoms with Crippen LogP contribution in [0.5, 0.6) is 5.75 Å². The van der Waals surface area contributed by atoms with Gasteiger partial charge in [0.2, 0.25) is 5.82 Å². The van der Waals surface area contributed by atoms with E-state index in [9.17, 15) is 5.26 Å². The first-order valence-electron chi connectivity index (χ1n) is 12.4. The van der Waals surface area contributed by atoms with Gasteiger partial charge in [0.15, 0.2) is 5.79 Å². The predicted octanol–water partition coefficient (Wildman–Crippen LogP) is 4.88. The van der Waals surface area contributed by atoms with Gasteiger partial charge in [-0.15, -0.1) is 0 Å². The van der Waals surface area contributed by atoms with Crippen molar-refractivity contribution in [1.29, 1.82) is 5.26 Å². The highest BCUT2D eigenvalue weighted by atomic mass is 16.7. The van der Waals surface area contributed by atoms with Crippen molar-refractivity contribution in [3.63, 3.8) is 0 Å². The summed E-state index contributed by atoms with van der Waals surface area (Å²) in [6.07, 6.45) is 0.927. The van der Waals surface area contributed by atoms with E-state index < -0.39 is 5.79 Å². The Bertz CT molecular complexity index is 1300. The molecule has 0 atom stereocenters. The predicted molar refractivity (Wildman–Crippen MR) is 134 cm³/mol. The molecule has 0 radical (unpaired) electrons. The first kappa shape index (κ1) is 24.4. The van der Waals surface area contributed by atoms with Gasteiger partial charge in [-0.05, 0) is 75.9 Å². The molecule has 2 aromatic carbocycles. The highest BCUT2D eigenvalue weighted by Gasteiger charge is 2.33. The lowest BCUT2D eigenvalue weighted by atomic mass is 9.91. The Balaban J connectivity index is 1.35. The second-order valence-corrected chi connectivity index (χ2v) is 10.2. The SMILES string of the molecule is Cc1c(-c2noc(-c3ccc(OC(C)C)c(C#N)c3)n2)ccc2c1CCN(C1COC(C)(C)OC1)C2. The Morgan fingerprint density at radius 3 is 2.67 bits per heavy atom. The Hall–Kier alpha value is -3.25. The summed E-state index contributed by atoms with van der Waals surface area (Å²) in [5.41, 5.74) is 5.92. The first-order chi connectivity index (χ1) is 17.2. The lowest BCUT2D eigenvalue weighted by Crippen LogP contribution is -2.51. The van der Waals surface area contributed by atoms with Crippen LogP contribution in [0, 0.1) is 18.3 Å². The molecule has 3 heterocycles. The number of rotatable bonds is 5. The molecule has 0 saturated carbocycles. The van der Waals surface area contributed by atoms with Crippen LogP contribution in [-0.4, -0.2) is 52.7 Å². The van der Waals surface area contributed by atoms with Gasteiger partial charge in [0.1, 0.15) is 11.8 Å². The van der Waals surface area contributed by atoms with E-state index in [0.717, 1.165) is 25.1 Å². The molecule has 2 aliphatic rings. The van der Waals surface area contributed by atoms with Crippen LogP contribution >= 0.6 is 0 Å². The molecule has 0 aliphatic carbocycles. The lowest BCUT2D eigenvalue weighted by Gasteiger charge is -2.42. The number of hydrogen-bond acceptors (Lipinski definition) is 8. The number of benzene rings is 2. The van der Waals surface area contributed by atoms with Crippen molar-refractivity contribution in [2.45, 2.75) is 65.5 Å². The molecule has 8 nitrogen and oxygen atoms in total. The third kappa shape index (κ3) is 4.87. The van der Waals surface area contributed by atoms with Gasteiger partial charge >= 0.3 is 0 Å². The number of aromatic nitrogens is 2.